The van der Waals surface area contributed by atoms with E-state index in [2.05, 4.69) is 0 Å². The fraction of sp³-hybridized carbons (Fsp3) is 0.0833. The van der Waals surface area contributed by atoms with Crippen molar-refractivity contribution in [3.8, 4) is 5.75 Å². The van der Waals surface area contributed by atoms with Crippen LogP contribution in [0.4, 0.5) is 5.69 Å². The Morgan fingerprint density at radius 1 is 0.821 bits per heavy atom. The number of anilines is 1. The van der Waals surface area contributed by atoms with Gasteiger partial charge in [0.15, 0.2) is 5.78 Å². The van der Waals surface area contributed by atoms with E-state index in [1.807, 2.05) is 49.3 Å². The number of hydrogen-bond acceptors (Lipinski definition) is 4. The highest BCUT2D eigenvalue weighted by Crippen LogP contribution is 2.21. The van der Waals surface area contributed by atoms with Gasteiger partial charge in [0, 0.05) is 19.8 Å². The van der Waals surface area contributed by atoms with E-state index in [1.54, 1.807) is 54.6 Å². The third-order valence-corrected chi connectivity index (χ3v) is 4.20. The molecule has 0 aliphatic heterocycles. The van der Waals surface area contributed by atoms with E-state index in [0.29, 0.717) is 11.1 Å². The van der Waals surface area contributed by atoms with E-state index in [-0.39, 0.29) is 11.5 Å². The minimum atomic E-state index is -0.496. The van der Waals surface area contributed by atoms with Crippen LogP contribution in [0.1, 0.15) is 26.3 Å². The maximum atomic E-state index is 12.6. The quantitative estimate of drug-likeness (QED) is 0.268. The zero-order chi connectivity index (χ0) is 19.9. The molecule has 0 spiro atoms. The van der Waals surface area contributed by atoms with E-state index < -0.39 is 5.97 Å². The Balaban J connectivity index is 1.76. The maximum absolute atomic E-state index is 12.6. The Labute approximate surface area is 164 Å². The summed E-state index contributed by atoms with van der Waals surface area (Å²) in [5.74, 6) is -0.480. The normalized spacial score (nSPS) is 10.6. The lowest BCUT2D eigenvalue weighted by Gasteiger charge is -2.11. The van der Waals surface area contributed by atoms with Gasteiger partial charge in [0.25, 0.3) is 0 Å². The molecule has 0 aliphatic carbocycles. The van der Waals surface area contributed by atoms with Crippen molar-refractivity contribution < 1.29 is 14.3 Å². The van der Waals surface area contributed by atoms with Gasteiger partial charge in [-0.2, -0.15) is 0 Å². The van der Waals surface area contributed by atoms with Crippen molar-refractivity contribution in [1.82, 2.24) is 0 Å². The molecule has 0 atom stereocenters. The van der Waals surface area contributed by atoms with Gasteiger partial charge in [-0.3, -0.25) is 4.79 Å². The molecule has 3 aromatic rings. The molecule has 0 saturated heterocycles. The molecule has 0 bridgehead atoms. The van der Waals surface area contributed by atoms with E-state index in [1.165, 1.54) is 6.08 Å². The lowest BCUT2D eigenvalue weighted by molar-refractivity contribution is 0.0733. The van der Waals surface area contributed by atoms with Gasteiger partial charge >= 0.3 is 5.97 Å². The Morgan fingerprint density at radius 3 is 2.14 bits per heavy atom. The second-order valence-electron chi connectivity index (χ2n) is 6.44. The second kappa shape index (κ2) is 8.82. The van der Waals surface area contributed by atoms with Gasteiger partial charge in [0.2, 0.25) is 0 Å². The standard InChI is InChI=1S/C24H21NO3/c1-25(2)20-15-12-18(13-16-20)14-17-22(26)21-10-6-7-11-23(21)28-24(27)19-8-4-3-5-9-19/h3-17H,1-2H3/b17-14+. The zero-order valence-electron chi connectivity index (χ0n) is 15.8. The van der Waals surface area contributed by atoms with Gasteiger partial charge in [0.1, 0.15) is 5.75 Å². The number of ketones is 1. The largest absolute Gasteiger partial charge is 0.422 e. The Morgan fingerprint density at radius 2 is 1.46 bits per heavy atom. The summed E-state index contributed by atoms with van der Waals surface area (Å²) in [4.78, 5) is 27.0. The molecular formula is C24H21NO3. The lowest BCUT2D eigenvalue weighted by Crippen LogP contribution is -2.10. The van der Waals surface area contributed by atoms with Crippen LogP contribution in [0.5, 0.6) is 5.75 Å². The second-order valence-corrected chi connectivity index (χ2v) is 6.44. The number of esters is 1. The lowest BCUT2D eigenvalue weighted by atomic mass is 10.1. The Kier molecular flexibility index (Phi) is 6.02. The third kappa shape index (κ3) is 4.74. The molecular weight excluding hydrogens is 350 g/mol. The molecule has 140 valence electrons. The van der Waals surface area contributed by atoms with Crippen molar-refractivity contribution in [2.75, 3.05) is 19.0 Å². The van der Waals surface area contributed by atoms with E-state index in [4.69, 9.17) is 4.74 Å². The number of rotatable bonds is 6. The van der Waals surface area contributed by atoms with Crippen molar-refractivity contribution in [2.24, 2.45) is 0 Å². The average Bonchev–Trinajstić information content (AvgIpc) is 2.73. The smallest absolute Gasteiger partial charge is 0.343 e. The summed E-state index contributed by atoms with van der Waals surface area (Å²) in [7, 11) is 3.95. The van der Waals surface area contributed by atoms with E-state index >= 15 is 0 Å². The van der Waals surface area contributed by atoms with Crippen molar-refractivity contribution in [3.05, 3.63) is 102 Å². The van der Waals surface area contributed by atoms with Crippen LogP contribution in [0.2, 0.25) is 0 Å². The first-order chi connectivity index (χ1) is 13.5. The van der Waals surface area contributed by atoms with Crippen LogP contribution in [0.15, 0.2) is 84.9 Å². The number of carbonyl (C=O) groups excluding carboxylic acids is 2. The number of allylic oxidation sites excluding steroid dienone is 1. The highest BCUT2D eigenvalue weighted by molar-refractivity contribution is 6.09. The zero-order valence-corrected chi connectivity index (χ0v) is 15.8. The van der Waals surface area contributed by atoms with Gasteiger partial charge in [-0.15, -0.1) is 0 Å². The van der Waals surface area contributed by atoms with Crippen molar-refractivity contribution >= 4 is 23.5 Å². The fourth-order valence-corrected chi connectivity index (χ4v) is 2.64. The van der Waals surface area contributed by atoms with Crippen molar-refractivity contribution in [1.29, 1.82) is 0 Å². The van der Waals surface area contributed by atoms with Gasteiger partial charge in [-0.1, -0.05) is 48.5 Å². The predicted molar refractivity (Wildman–Crippen MR) is 112 cm³/mol. The van der Waals surface area contributed by atoms with E-state index in [9.17, 15) is 9.59 Å². The molecule has 4 nitrogen and oxygen atoms in total. The van der Waals surface area contributed by atoms with E-state index in [0.717, 1.165) is 11.3 Å². The van der Waals surface area contributed by atoms with Gasteiger partial charge in [0.05, 0.1) is 11.1 Å². The molecule has 0 N–H and O–H groups in total. The number of nitrogens with zero attached hydrogens (tertiary/aromatic N) is 1. The Hall–Kier alpha value is -3.66. The van der Waals surface area contributed by atoms with Crippen molar-refractivity contribution in [3.63, 3.8) is 0 Å². The highest BCUT2D eigenvalue weighted by Gasteiger charge is 2.14. The van der Waals surface area contributed by atoms with Crippen LogP contribution in [0.25, 0.3) is 6.08 Å². The molecule has 4 heteroatoms. The average molecular weight is 371 g/mol. The number of carbonyl (C=O) groups is 2. The molecule has 3 rings (SSSR count). The molecule has 0 radical (unpaired) electrons. The Bertz CT molecular complexity index is 990. The van der Waals surface area contributed by atoms with Crippen LogP contribution >= 0.6 is 0 Å². The summed E-state index contributed by atoms with van der Waals surface area (Å²) < 4.78 is 5.45. The summed E-state index contributed by atoms with van der Waals surface area (Å²) >= 11 is 0. The van der Waals surface area contributed by atoms with Gasteiger partial charge in [-0.05, 0) is 48.0 Å². The summed E-state index contributed by atoms with van der Waals surface area (Å²) in [5, 5.41) is 0. The third-order valence-electron chi connectivity index (χ3n) is 4.20. The molecule has 0 aliphatic rings. The number of ether oxygens (including phenoxy) is 1. The number of benzene rings is 3. The first-order valence-electron chi connectivity index (χ1n) is 8.90. The molecule has 0 fully saturated rings. The minimum absolute atomic E-state index is 0.229. The number of para-hydroxylation sites is 1. The first kappa shape index (κ1) is 19.1. The van der Waals surface area contributed by atoms with Crippen molar-refractivity contribution in [2.45, 2.75) is 0 Å². The molecule has 0 aromatic heterocycles. The van der Waals surface area contributed by atoms with Gasteiger partial charge in [-0.25, -0.2) is 4.79 Å². The molecule has 0 saturated carbocycles. The maximum Gasteiger partial charge on any atom is 0.343 e. The van der Waals surface area contributed by atoms with Gasteiger partial charge < -0.3 is 9.64 Å². The van der Waals surface area contributed by atoms with Crippen LogP contribution in [-0.2, 0) is 0 Å². The first-order valence-corrected chi connectivity index (χ1v) is 8.90. The van der Waals surface area contributed by atoms with Crippen LogP contribution in [-0.4, -0.2) is 25.8 Å². The summed E-state index contributed by atoms with van der Waals surface area (Å²) in [6, 6.07) is 23.3. The number of hydrogen-bond donors (Lipinski definition) is 0. The topological polar surface area (TPSA) is 46.6 Å². The summed E-state index contributed by atoms with van der Waals surface area (Å²) in [5.41, 5.74) is 2.77. The van der Waals surface area contributed by atoms with Crippen LogP contribution < -0.4 is 9.64 Å². The predicted octanol–water partition coefficient (Wildman–Crippen LogP) is 4.87. The molecule has 0 unspecified atom stereocenters. The monoisotopic (exact) mass is 371 g/mol. The minimum Gasteiger partial charge on any atom is -0.422 e. The SMILES string of the molecule is CN(C)c1ccc(/C=C/C(=O)c2ccccc2OC(=O)c2ccccc2)cc1. The molecule has 3 aromatic carbocycles. The van der Waals surface area contributed by atoms with Crippen LogP contribution in [0.3, 0.4) is 0 Å². The molecule has 28 heavy (non-hydrogen) atoms. The molecule has 0 amide bonds. The molecule has 0 heterocycles. The fourth-order valence-electron chi connectivity index (χ4n) is 2.64. The van der Waals surface area contributed by atoms with Crippen LogP contribution in [0, 0.1) is 0 Å². The summed E-state index contributed by atoms with van der Waals surface area (Å²) in [6.07, 6.45) is 3.23. The highest BCUT2D eigenvalue weighted by atomic mass is 16.5. The summed E-state index contributed by atoms with van der Waals surface area (Å²) in [6.45, 7) is 0.